The Bertz CT molecular complexity index is 900. The molecule has 0 saturated heterocycles. The molecular weight excluding hydrogens is 362 g/mol. The lowest BCUT2D eigenvalue weighted by Crippen LogP contribution is -2.20. The number of nitrogens with zero attached hydrogens (tertiary/aromatic N) is 3. The van der Waals surface area contributed by atoms with Gasteiger partial charge in [0.25, 0.3) is 0 Å². The van der Waals surface area contributed by atoms with E-state index in [1.165, 1.54) is 21.6 Å². The molecule has 3 aromatic rings. The zero-order chi connectivity index (χ0) is 18.8. The first-order valence-electron chi connectivity index (χ1n) is 9.20. The number of unbranched alkanes of at least 4 members (excludes halogenated alkanes) is 1. The Morgan fingerprint density at radius 3 is 2.46 bits per heavy atom. The second-order valence-corrected chi connectivity index (χ2v) is 8.62. The molecule has 3 nitrogen and oxygen atoms in total. The van der Waals surface area contributed by atoms with Crippen molar-refractivity contribution in [1.29, 1.82) is 0 Å². The van der Waals surface area contributed by atoms with E-state index in [1.807, 2.05) is 0 Å². The van der Waals surface area contributed by atoms with E-state index < -0.39 is 0 Å². The molecule has 26 heavy (non-hydrogen) atoms. The molecule has 0 spiro atoms. The van der Waals surface area contributed by atoms with E-state index in [0.717, 1.165) is 35.4 Å². The Morgan fingerprint density at radius 2 is 1.85 bits per heavy atom. The summed E-state index contributed by atoms with van der Waals surface area (Å²) in [7, 11) is 2.09. The Morgan fingerprint density at radius 1 is 1.15 bits per heavy atom. The third-order valence-corrected chi connectivity index (χ3v) is 5.92. The number of aromatic nitrogens is 2. The molecular formula is C21H26ClN3S. The maximum absolute atomic E-state index is 6.22. The van der Waals surface area contributed by atoms with E-state index in [9.17, 15) is 0 Å². The van der Waals surface area contributed by atoms with Crippen molar-refractivity contribution in [2.75, 3.05) is 18.5 Å². The molecule has 138 valence electrons. The average Bonchev–Trinajstić information content (AvgIpc) is 2.94. The van der Waals surface area contributed by atoms with Gasteiger partial charge in [0.1, 0.15) is 10.6 Å². The maximum atomic E-state index is 6.22. The fourth-order valence-corrected chi connectivity index (χ4v) is 4.48. The summed E-state index contributed by atoms with van der Waals surface area (Å²) < 4.78 is 0. The predicted molar refractivity (Wildman–Crippen MR) is 115 cm³/mol. The number of fused-ring (bicyclic) bond motifs is 1. The number of hydrogen-bond donors (Lipinski definition) is 0. The van der Waals surface area contributed by atoms with Crippen molar-refractivity contribution in [1.82, 2.24) is 9.97 Å². The van der Waals surface area contributed by atoms with Crippen LogP contribution in [0.4, 0.5) is 5.82 Å². The van der Waals surface area contributed by atoms with Crippen LogP contribution in [0.1, 0.15) is 50.0 Å². The highest BCUT2D eigenvalue weighted by Gasteiger charge is 2.20. The van der Waals surface area contributed by atoms with Gasteiger partial charge in [-0.05, 0) is 42.0 Å². The Balaban J connectivity index is 2.17. The molecule has 0 atom stereocenters. The molecule has 5 heteroatoms. The fourth-order valence-electron chi connectivity index (χ4n) is 3.23. The fraction of sp³-hybridized carbons (Fsp3) is 0.429. The van der Waals surface area contributed by atoms with Crippen molar-refractivity contribution in [3.8, 4) is 11.1 Å². The lowest BCUT2D eigenvalue weighted by atomic mass is 9.98. The molecule has 2 aromatic heterocycles. The minimum atomic E-state index is 0.318. The average molecular weight is 388 g/mol. The third kappa shape index (κ3) is 3.72. The lowest BCUT2D eigenvalue weighted by Gasteiger charge is -2.19. The van der Waals surface area contributed by atoms with Crippen LogP contribution in [0.5, 0.6) is 0 Å². The number of benzene rings is 1. The van der Waals surface area contributed by atoms with Crippen molar-refractivity contribution in [2.24, 2.45) is 0 Å². The van der Waals surface area contributed by atoms with Crippen LogP contribution in [-0.2, 0) is 0 Å². The maximum Gasteiger partial charge on any atom is 0.225 e. The van der Waals surface area contributed by atoms with E-state index >= 15 is 0 Å². The molecule has 2 heterocycles. The summed E-state index contributed by atoms with van der Waals surface area (Å²) in [5.74, 6) is 1.46. The van der Waals surface area contributed by atoms with Crippen LogP contribution >= 0.6 is 22.9 Å². The van der Waals surface area contributed by atoms with Gasteiger partial charge >= 0.3 is 0 Å². The number of rotatable bonds is 6. The molecule has 1 aromatic carbocycles. The number of hydrogen-bond acceptors (Lipinski definition) is 4. The van der Waals surface area contributed by atoms with Crippen molar-refractivity contribution < 1.29 is 0 Å². The number of aryl methyl sites for hydroxylation is 1. The normalized spacial score (nSPS) is 11.5. The first-order valence-corrected chi connectivity index (χ1v) is 10.4. The monoisotopic (exact) mass is 387 g/mol. The summed E-state index contributed by atoms with van der Waals surface area (Å²) in [6.07, 6.45) is 2.28. The molecule has 0 amide bonds. The summed E-state index contributed by atoms with van der Waals surface area (Å²) in [5.41, 5.74) is 3.80. The van der Waals surface area contributed by atoms with E-state index in [2.05, 4.69) is 73.9 Å². The molecule has 0 unspecified atom stereocenters. The van der Waals surface area contributed by atoms with Gasteiger partial charge in [-0.3, -0.25) is 0 Å². The number of thiophene rings is 1. The van der Waals surface area contributed by atoms with Gasteiger partial charge in [0.05, 0.1) is 5.39 Å². The topological polar surface area (TPSA) is 29.0 Å². The largest absolute Gasteiger partial charge is 0.359 e. The second-order valence-electron chi connectivity index (χ2n) is 7.08. The standard InChI is InChI=1S/C21H26ClN3S/c1-6-7-12-25(5)19-18-17(14(4)26-20(18)24-21(22)23-19)16-10-8-15(9-11-16)13(2)3/h8-11,13H,6-7,12H2,1-5H3. The molecule has 0 aliphatic carbocycles. The van der Waals surface area contributed by atoms with Crippen LogP contribution in [0, 0.1) is 6.92 Å². The predicted octanol–water partition coefficient (Wildman–Crippen LogP) is 6.68. The quantitative estimate of drug-likeness (QED) is 0.441. The number of anilines is 1. The van der Waals surface area contributed by atoms with Gasteiger partial charge in [-0.15, -0.1) is 11.3 Å². The Kier molecular flexibility index (Phi) is 5.83. The molecule has 0 aliphatic rings. The smallest absolute Gasteiger partial charge is 0.225 e. The van der Waals surface area contributed by atoms with E-state index in [-0.39, 0.29) is 0 Å². The van der Waals surface area contributed by atoms with Crippen LogP contribution in [0.2, 0.25) is 5.28 Å². The summed E-state index contributed by atoms with van der Waals surface area (Å²) >= 11 is 7.91. The lowest BCUT2D eigenvalue weighted by molar-refractivity contribution is 0.761. The van der Waals surface area contributed by atoms with Gasteiger partial charge in [0.2, 0.25) is 5.28 Å². The summed E-state index contributed by atoms with van der Waals surface area (Å²) in [6.45, 7) is 9.75. The van der Waals surface area contributed by atoms with Crippen molar-refractivity contribution in [2.45, 2.75) is 46.5 Å². The molecule has 0 fully saturated rings. The van der Waals surface area contributed by atoms with Gasteiger partial charge < -0.3 is 4.90 Å². The summed E-state index contributed by atoms with van der Waals surface area (Å²) in [6, 6.07) is 8.88. The minimum absolute atomic E-state index is 0.318. The molecule has 0 saturated carbocycles. The van der Waals surface area contributed by atoms with Gasteiger partial charge in [0, 0.05) is 24.0 Å². The minimum Gasteiger partial charge on any atom is -0.359 e. The molecule has 3 rings (SSSR count). The highest BCUT2D eigenvalue weighted by molar-refractivity contribution is 7.19. The Hall–Kier alpha value is -1.65. The summed E-state index contributed by atoms with van der Waals surface area (Å²) in [4.78, 5) is 13.5. The second kappa shape index (κ2) is 7.93. The van der Waals surface area contributed by atoms with Gasteiger partial charge in [-0.1, -0.05) is 51.5 Å². The first-order chi connectivity index (χ1) is 12.4. The summed E-state index contributed by atoms with van der Waals surface area (Å²) in [5, 5.41) is 1.44. The van der Waals surface area contributed by atoms with Crippen LogP contribution in [0.15, 0.2) is 24.3 Å². The van der Waals surface area contributed by atoms with Crippen molar-refractivity contribution in [3.05, 3.63) is 40.0 Å². The van der Waals surface area contributed by atoms with Gasteiger partial charge in [-0.25, -0.2) is 4.98 Å². The van der Waals surface area contributed by atoms with Crippen LogP contribution in [0.25, 0.3) is 21.3 Å². The zero-order valence-electron chi connectivity index (χ0n) is 16.1. The molecule has 0 radical (unpaired) electrons. The molecule has 0 N–H and O–H groups in total. The Labute approximate surface area is 165 Å². The molecule has 0 aliphatic heterocycles. The van der Waals surface area contributed by atoms with Crippen LogP contribution < -0.4 is 4.90 Å². The van der Waals surface area contributed by atoms with Gasteiger partial charge in [0.15, 0.2) is 0 Å². The number of halogens is 1. The third-order valence-electron chi connectivity index (χ3n) is 4.76. The van der Waals surface area contributed by atoms with Crippen molar-refractivity contribution >= 4 is 39.0 Å². The van der Waals surface area contributed by atoms with Gasteiger partial charge in [-0.2, -0.15) is 4.98 Å². The zero-order valence-corrected chi connectivity index (χ0v) is 17.7. The van der Waals surface area contributed by atoms with E-state index in [1.54, 1.807) is 11.3 Å². The molecule has 0 bridgehead atoms. The van der Waals surface area contributed by atoms with E-state index in [4.69, 9.17) is 11.6 Å². The van der Waals surface area contributed by atoms with Crippen molar-refractivity contribution in [3.63, 3.8) is 0 Å². The van der Waals surface area contributed by atoms with E-state index in [0.29, 0.717) is 11.2 Å². The van der Waals surface area contributed by atoms with Crippen LogP contribution in [-0.4, -0.2) is 23.6 Å². The first kappa shape index (κ1) is 19.1. The SMILES string of the molecule is CCCCN(C)c1nc(Cl)nc2sc(C)c(-c3ccc(C(C)C)cc3)c12. The highest BCUT2D eigenvalue weighted by Crippen LogP contribution is 2.42. The van der Waals surface area contributed by atoms with Crippen LogP contribution in [0.3, 0.4) is 0 Å². The highest BCUT2D eigenvalue weighted by atomic mass is 35.5.